The second kappa shape index (κ2) is 10.2. The van der Waals surface area contributed by atoms with Crippen LogP contribution in [0.15, 0.2) is 60.7 Å². The fourth-order valence-corrected chi connectivity index (χ4v) is 5.63. The number of carbonyl (C=O) groups excluding carboxylic acids is 1. The fourth-order valence-electron chi connectivity index (χ4n) is 5.63. The van der Waals surface area contributed by atoms with Gasteiger partial charge in [0.15, 0.2) is 0 Å². The van der Waals surface area contributed by atoms with Gasteiger partial charge in [-0.25, -0.2) is 13.6 Å². The third kappa shape index (κ3) is 5.01. The highest BCUT2D eigenvalue weighted by molar-refractivity contribution is 5.90. The molecule has 5 rings (SSSR count). The van der Waals surface area contributed by atoms with Gasteiger partial charge in [-0.05, 0) is 60.8 Å². The SMILES string of the molecule is CN1CCN(CC2CC(OC(=O)c3c(F)cccc3F)CCC2(O)c2ccc3ccccc3c2)CC1. The van der Waals surface area contributed by atoms with E-state index in [-0.39, 0.29) is 5.92 Å². The summed E-state index contributed by atoms with van der Waals surface area (Å²) in [6.07, 6.45) is 0.679. The molecule has 0 aromatic heterocycles. The van der Waals surface area contributed by atoms with Crippen LogP contribution in [-0.2, 0) is 10.3 Å². The van der Waals surface area contributed by atoms with Crippen LogP contribution in [0.5, 0.6) is 0 Å². The van der Waals surface area contributed by atoms with Crippen LogP contribution in [0.1, 0.15) is 35.2 Å². The van der Waals surface area contributed by atoms with Gasteiger partial charge in [0.05, 0.1) is 5.60 Å². The van der Waals surface area contributed by atoms with E-state index in [0.29, 0.717) is 25.8 Å². The van der Waals surface area contributed by atoms with Crippen molar-refractivity contribution in [3.8, 4) is 0 Å². The van der Waals surface area contributed by atoms with Crippen LogP contribution in [0.3, 0.4) is 0 Å². The van der Waals surface area contributed by atoms with Crippen molar-refractivity contribution in [3.05, 3.63) is 83.4 Å². The van der Waals surface area contributed by atoms with Crippen molar-refractivity contribution in [2.45, 2.75) is 31.0 Å². The van der Waals surface area contributed by atoms with E-state index in [1.165, 1.54) is 6.07 Å². The van der Waals surface area contributed by atoms with Crippen LogP contribution in [0, 0.1) is 17.6 Å². The van der Waals surface area contributed by atoms with Crippen LogP contribution < -0.4 is 0 Å². The van der Waals surface area contributed by atoms with Gasteiger partial charge in [0.1, 0.15) is 23.3 Å². The second-order valence-electron chi connectivity index (χ2n) is 10.2. The molecule has 0 bridgehead atoms. The molecule has 0 amide bonds. The maximum Gasteiger partial charge on any atom is 0.344 e. The molecule has 1 saturated heterocycles. The first-order valence-electron chi connectivity index (χ1n) is 12.6. The number of carbonyl (C=O) groups is 1. The Morgan fingerprint density at radius 2 is 1.69 bits per heavy atom. The average molecular weight is 495 g/mol. The van der Waals surface area contributed by atoms with Gasteiger partial charge in [0, 0.05) is 38.6 Å². The van der Waals surface area contributed by atoms with Crippen molar-refractivity contribution in [1.82, 2.24) is 9.80 Å². The van der Waals surface area contributed by atoms with Gasteiger partial charge in [-0.3, -0.25) is 0 Å². The minimum atomic E-state index is -1.10. The molecule has 1 heterocycles. The van der Waals surface area contributed by atoms with Crippen molar-refractivity contribution >= 4 is 16.7 Å². The number of halogens is 2. The summed E-state index contributed by atoms with van der Waals surface area (Å²) in [5, 5.41) is 14.3. The first-order valence-corrected chi connectivity index (χ1v) is 12.6. The largest absolute Gasteiger partial charge is 0.459 e. The second-order valence-corrected chi connectivity index (χ2v) is 10.2. The summed E-state index contributed by atoms with van der Waals surface area (Å²) in [6.45, 7) is 4.34. The van der Waals surface area contributed by atoms with E-state index >= 15 is 0 Å². The Morgan fingerprint density at radius 1 is 1.00 bits per heavy atom. The van der Waals surface area contributed by atoms with Crippen LogP contribution in [-0.4, -0.2) is 66.8 Å². The lowest BCUT2D eigenvalue weighted by Crippen LogP contribution is -2.52. The molecule has 0 radical (unpaired) electrons. The average Bonchev–Trinajstić information content (AvgIpc) is 2.87. The molecule has 3 aromatic rings. The Balaban J connectivity index is 1.40. The standard InChI is InChI=1S/C29H32F2N2O3/c1-32-13-15-33(16-14-32)19-23-18-24(36-28(34)27-25(30)7-4-8-26(27)31)11-12-29(23,35)22-10-9-20-5-2-3-6-21(20)17-22/h2-10,17,23-24,35H,11-16,18-19H2,1H3. The van der Waals surface area contributed by atoms with Crippen LogP contribution in [0.2, 0.25) is 0 Å². The molecule has 0 spiro atoms. The molecular weight excluding hydrogens is 462 g/mol. The number of likely N-dealkylation sites (N-methyl/N-ethyl adjacent to an activating group) is 1. The smallest absolute Gasteiger partial charge is 0.344 e. The molecule has 2 aliphatic rings. The molecule has 7 heteroatoms. The zero-order chi connectivity index (χ0) is 25.3. The zero-order valence-electron chi connectivity index (χ0n) is 20.5. The maximum absolute atomic E-state index is 14.2. The first-order chi connectivity index (χ1) is 17.3. The van der Waals surface area contributed by atoms with E-state index in [2.05, 4.69) is 16.8 Å². The van der Waals surface area contributed by atoms with Crippen LogP contribution in [0.25, 0.3) is 10.8 Å². The molecule has 3 aromatic carbocycles. The summed E-state index contributed by atoms with van der Waals surface area (Å²) in [7, 11) is 2.10. The van der Waals surface area contributed by atoms with E-state index in [4.69, 9.17) is 4.74 Å². The lowest BCUT2D eigenvalue weighted by Gasteiger charge is -2.46. The van der Waals surface area contributed by atoms with Crippen molar-refractivity contribution in [2.75, 3.05) is 39.8 Å². The summed E-state index contributed by atoms with van der Waals surface area (Å²) in [5.74, 6) is -3.07. The Morgan fingerprint density at radius 3 is 2.42 bits per heavy atom. The van der Waals surface area contributed by atoms with Gasteiger partial charge in [-0.15, -0.1) is 0 Å². The normalized spacial score (nSPS) is 25.7. The summed E-state index contributed by atoms with van der Waals surface area (Å²) in [6, 6.07) is 17.4. The first kappa shape index (κ1) is 24.8. The third-order valence-corrected chi connectivity index (χ3v) is 7.83. The van der Waals surface area contributed by atoms with E-state index in [1.54, 1.807) is 0 Å². The monoisotopic (exact) mass is 494 g/mol. The molecule has 2 fully saturated rings. The summed E-state index contributed by atoms with van der Waals surface area (Å²) in [4.78, 5) is 17.3. The number of nitrogens with zero attached hydrogens (tertiary/aromatic N) is 2. The molecule has 1 aliphatic carbocycles. The fraction of sp³-hybridized carbons (Fsp3) is 0.414. The van der Waals surface area contributed by atoms with Crippen molar-refractivity contribution in [3.63, 3.8) is 0 Å². The van der Waals surface area contributed by atoms with E-state index in [0.717, 1.165) is 54.6 Å². The molecule has 1 N–H and O–H groups in total. The van der Waals surface area contributed by atoms with E-state index in [9.17, 15) is 18.7 Å². The highest BCUT2D eigenvalue weighted by Gasteiger charge is 2.45. The Kier molecular flexibility index (Phi) is 7.06. The third-order valence-electron chi connectivity index (χ3n) is 7.83. The molecule has 3 atom stereocenters. The van der Waals surface area contributed by atoms with Gasteiger partial charge in [-0.2, -0.15) is 0 Å². The Labute approximate surface area is 210 Å². The molecule has 190 valence electrons. The van der Waals surface area contributed by atoms with Crippen molar-refractivity contribution in [2.24, 2.45) is 5.92 Å². The number of aliphatic hydroxyl groups is 1. The zero-order valence-corrected chi connectivity index (χ0v) is 20.5. The molecular formula is C29H32F2N2O3. The number of hydrogen-bond donors (Lipinski definition) is 1. The number of fused-ring (bicyclic) bond motifs is 1. The topological polar surface area (TPSA) is 53.0 Å². The minimum absolute atomic E-state index is 0.209. The number of hydrogen-bond acceptors (Lipinski definition) is 5. The molecule has 1 saturated carbocycles. The molecule has 36 heavy (non-hydrogen) atoms. The Bertz CT molecular complexity index is 1220. The van der Waals surface area contributed by atoms with Gasteiger partial charge < -0.3 is 19.6 Å². The van der Waals surface area contributed by atoms with Gasteiger partial charge in [0.2, 0.25) is 0 Å². The Hall–Kier alpha value is -2.87. The van der Waals surface area contributed by atoms with Crippen LogP contribution >= 0.6 is 0 Å². The van der Waals surface area contributed by atoms with Gasteiger partial charge in [0.25, 0.3) is 0 Å². The number of ether oxygens (including phenoxy) is 1. The number of esters is 1. The predicted molar refractivity (Wildman–Crippen MR) is 135 cm³/mol. The van der Waals surface area contributed by atoms with E-state index in [1.807, 2.05) is 42.5 Å². The quantitative estimate of drug-likeness (QED) is 0.527. The number of benzene rings is 3. The number of piperazine rings is 1. The molecule has 3 unspecified atom stereocenters. The predicted octanol–water partition coefficient (Wildman–Crippen LogP) is 4.58. The summed E-state index contributed by atoms with van der Waals surface area (Å²) in [5.41, 5.74) is -0.909. The van der Waals surface area contributed by atoms with Crippen molar-refractivity contribution in [1.29, 1.82) is 0 Å². The lowest BCUT2D eigenvalue weighted by molar-refractivity contribution is -0.101. The van der Waals surface area contributed by atoms with Gasteiger partial charge >= 0.3 is 5.97 Å². The van der Waals surface area contributed by atoms with Crippen molar-refractivity contribution < 1.29 is 23.4 Å². The van der Waals surface area contributed by atoms with E-state index < -0.39 is 34.9 Å². The lowest BCUT2D eigenvalue weighted by atomic mass is 9.70. The summed E-state index contributed by atoms with van der Waals surface area (Å²) < 4.78 is 33.9. The number of rotatable bonds is 5. The maximum atomic E-state index is 14.2. The molecule has 1 aliphatic heterocycles. The van der Waals surface area contributed by atoms with Gasteiger partial charge in [-0.1, -0.05) is 42.5 Å². The molecule has 5 nitrogen and oxygen atoms in total. The minimum Gasteiger partial charge on any atom is -0.459 e. The highest BCUT2D eigenvalue weighted by atomic mass is 19.1. The summed E-state index contributed by atoms with van der Waals surface area (Å²) >= 11 is 0. The van der Waals surface area contributed by atoms with Crippen LogP contribution in [0.4, 0.5) is 8.78 Å². The highest BCUT2D eigenvalue weighted by Crippen LogP contribution is 2.44.